The fourth-order valence-electron chi connectivity index (χ4n) is 4.88. The molecule has 7 heteroatoms. The van der Waals surface area contributed by atoms with E-state index in [1.165, 1.54) is 17.7 Å². The van der Waals surface area contributed by atoms with E-state index in [-0.39, 0.29) is 11.7 Å². The number of allylic oxidation sites excluding steroid dienone is 1. The number of aromatic nitrogens is 2. The molecule has 30 heavy (non-hydrogen) atoms. The quantitative estimate of drug-likeness (QED) is 0.682. The minimum atomic E-state index is -0.307. The van der Waals surface area contributed by atoms with Crippen LogP contribution in [0.2, 0.25) is 0 Å². The van der Waals surface area contributed by atoms with Crippen LogP contribution in [0.5, 0.6) is 5.75 Å². The van der Waals surface area contributed by atoms with E-state index < -0.39 is 0 Å². The van der Waals surface area contributed by atoms with Gasteiger partial charge in [-0.15, -0.1) is 0 Å². The van der Waals surface area contributed by atoms with Gasteiger partial charge in [0.1, 0.15) is 17.2 Å². The van der Waals surface area contributed by atoms with E-state index in [0.717, 1.165) is 41.8 Å². The molecule has 0 saturated carbocycles. The molecule has 1 saturated heterocycles. The zero-order valence-electron chi connectivity index (χ0n) is 16.7. The van der Waals surface area contributed by atoms with Gasteiger partial charge in [-0.2, -0.15) is 0 Å². The maximum Gasteiger partial charge on any atom is 0.231 e. The largest absolute Gasteiger partial charge is 0.496 e. The standard InChI is InChI=1S/C23H23FN4O2/c1-30-21-3-2-16(24)8-18(21)17-4-5-26-23-19(17)9-20(27-23)13-6-14-10-28(12-22(25)29)11-15(14)7-13/h2-6,8-9,14-15H,7,10-12H2,1H3,(H2,25,29)(H,26,27). The minimum Gasteiger partial charge on any atom is -0.496 e. The Hall–Kier alpha value is -3.19. The van der Waals surface area contributed by atoms with Gasteiger partial charge in [0.2, 0.25) is 5.91 Å². The van der Waals surface area contributed by atoms with E-state index in [0.29, 0.717) is 29.7 Å². The minimum absolute atomic E-state index is 0.277. The zero-order chi connectivity index (χ0) is 20.8. The molecule has 1 aliphatic heterocycles. The van der Waals surface area contributed by atoms with E-state index in [9.17, 15) is 9.18 Å². The number of primary amides is 1. The lowest BCUT2D eigenvalue weighted by atomic mass is 9.99. The van der Waals surface area contributed by atoms with Gasteiger partial charge >= 0.3 is 0 Å². The third-order valence-corrected chi connectivity index (χ3v) is 6.17. The van der Waals surface area contributed by atoms with Gasteiger partial charge in [0.15, 0.2) is 0 Å². The number of methoxy groups -OCH3 is 1. The Balaban J connectivity index is 1.49. The molecule has 1 aliphatic carbocycles. The molecule has 1 amide bonds. The zero-order valence-corrected chi connectivity index (χ0v) is 16.7. The van der Waals surface area contributed by atoms with Crippen molar-refractivity contribution >= 4 is 22.5 Å². The topological polar surface area (TPSA) is 84.2 Å². The van der Waals surface area contributed by atoms with Crippen molar-refractivity contribution in [2.75, 3.05) is 26.7 Å². The highest BCUT2D eigenvalue weighted by atomic mass is 19.1. The number of ether oxygens (including phenoxy) is 1. The molecule has 6 nitrogen and oxygen atoms in total. The lowest BCUT2D eigenvalue weighted by Crippen LogP contribution is -2.32. The highest BCUT2D eigenvalue weighted by Crippen LogP contribution is 2.42. The second kappa shape index (κ2) is 7.25. The molecule has 1 fully saturated rings. The molecule has 3 N–H and O–H groups in total. The highest BCUT2D eigenvalue weighted by Gasteiger charge is 2.37. The third-order valence-electron chi connectivity index (χ3n) is 6.17. The Bertz CT molecular complexity index is 1170. The summed E-state index contributed by atoms with van der Waals surface area (Å²) in [6.45, 7) is 2.07. The van der Waals surface area contributed by atoms with E-state index in [1.54, 1.807) is 19.4 Å². The second-order valence-corrected chi connectivity index (χ2v) is 8.13. The summed E-state index contributed by atoms with van der Waals surface area (Å²) < 4.78 is 19.4. The number of hydrogen-bond donors (Lipinski definition) is 2. The number of halogens is 1. The SMILES string of the molecule is COc1ccc(F)cc1-c1ccnc2[nH]c(C3=CC4CN(CC(N)=O)CC4C3)cc12. The summed E-state index contributed by atoms with van der Waals surface area (Å²) in [5.41, 5.74) is 9.99. The summed E-state index contributed by atoms with van der Waals surface area (Å²) in [7, 11) is 1.58. The van der Waals surface area contributed by atoms with Crippen LogP contribution in [0.15, 0.2) is 42.6 Å². The summed E-state index contributed by atoms with van der Waals surface area (Å²) in [6.07, 6.45) is 4.98. The summed E-state index contributed by atoms with van der Waals surface area (Å²) in [4.78, 5) is 21.2. The molecule has 2 aromatic heterocycles. The Labute approximate surface area is 173 Å². The molecular formula is C23H23FN4O2. The second-order valence-electron chi connectivity index (χ2n) is 8.13. The molecule has 5 rings (SSSR count). The predicted molar refractivity (Wildman–Crippen MR) is 113 cm³/mol. The number of rotatable bonds is 5. The maximum absolute atomic E-state index is 13.9. The van der Waals surface area contributed by atoms with Crippen molar-refractivity contribution in [3.8, 4) is 16.9 Å². The molecule has 0 bridgehead atoms. The van der Waals surface area contributed by atoms with Crippen LogP contribution in [0.1, 0.15) is 12.1 Å². The number of nitrogens with zero attached hydrogens (tertiary/aromatic N) is 2. The van der Waals surface area contributed by atoms with Crippen LogP contribution in [-0.4, -0.2) is 47.5 Å². The lowest BCUT2D eigenvalue weighted by Gasteiger charge is -2.13. The molecule has 1 aromatic carbocycles. The maximum atomic E-state index is 13.9. The number of pyridine rings is 1. The van der Waals surface area contributed by atoms with Gasteiger partial charge < -0.3 is 15.5 Å². The molecule has 0 radical (unpaired) electrons. The number of benzene rings is 1. The molecule has 2 atom stereocenters. The first-order valence-electron chi connectivity index (χ1n) is 10.0. The Morgan fingerprint density at radius 1 is 1.30 bits per heavy atom. The molecular weight excluding hydrogens is 383 g/mol. The van der Waals surface area contributed by atoms with Crippen molar-refractivity contribution in [3.63, 3.8) is 0 Å². The third kappa shape index (κ3) is 3.25. The summed E-state index contributed by atoms with van der Waals surface area (Å²) >= 11 is 0. The van der Waals surface area contributed by atoms with Crippen LogP contribution in [-0.2, 0) is 4.79 Å². The van der Waals surface area contributed by atoms with Gasteiger partial charge in [0.25, 0.3) is 0 Å². The fraction of sp³-hybridized carbons (Fsp3) is 0.304. The molecule has 154 valence electrons. The van der Waals surface area contributed by atoms with Crippen molar-refractivity contribution in [3.05, 3.63) is 54.1 Å². The number of H-pyrrole nitrogens is 1. The van der Waals surface area contributed by atoms with Gasteiger partial charge in [-0.3, -0.25) is 9.69 Å². The van der Waals surface area contributed by atoms with E-state index in [1.807, 2.05) is 6.07 Å². The van der Waals surface area contributed by atoms with Crippen LogP contribution < -0.4 is 10.5 Å². The number of nitrogens with two attached hydrogens (primary N) is 1. The fourth-order valence-corrected chi connectivity index (χ4v) is 4.88. The smallest absolute Gasteiger partial charge is 0.231 e. The van der Waals surface area contributed by atoms with Gasteiger partial charge in [-0.1, -0.05) is 6.08 Å². The number of amides is 1. The molecule has 3 heterocycles. The number of carbonyl (C=O) groups excluding carboxylic acids is 1. The lowest BCUT2D eigenvalue weighted by molar-refractivity contribution is -0.118. The molecule has 3 aromatic rings. The summed E-state index contributed by atoms with van der Waals surface area (Å²) in [5, 5.41) is 0.935. The first kappa shape index (κ1) is 18.8. The van der Waals surface area contributed by atoms with E-state index >= 15 is 0 Å². The van der Waals surface area contributed by atoms with Crippen molar-refractivity contribution < 1.29 is 13.9 Å². The van der Waals surface area contributed by atoms with Crippen molar-refractivity contribution in [2.45, 2.75) is 6.42 Å². The monoisotopic (exact) mass is 406 g/mol. The number of hydrogen-bond acceptors (Lipinski definition) is 4. The van der Waals surface area contributed by atoms with Gasteiger partial charge in [0.05, 0.1) is 13.7 Å². The molecule has 0 spiro atoms. The number of likely N-dealkylation sites (tertiary alicyclic amines) is 1. The highest BCUT2D eigenvalue weighted by molar-refractivity contribution is 5.96. The Morgan fingerprint density at radius 2 is 2.17 bits per heavy atom. The van der Waals surface area contributed by atoms with Crippen LogP contribution in [0.25, 0.3) is 27.7 Å². The normalized spacial score (nSPS) is 21.1. The first-order chi connectivity index (χ1) is 14.5. The predicted octanol–water partition coefficient (Wildman–Crippen LogP) is 3.20. The number of nitrogens with one attached hydrogen (secondary N) is 1. The Kier molecular flexibility index (Phi) is 4.55. The average Bonchev–Trinajstić information content (AvgIpc) is 3.39. The van der Waals surface area contributed by atoms with Gasteiger partial charge in [-0.05, 0) is 59.7 Å². The van der Waals surface area contributed by atoms with Crippen molar-refractivity contribution in [1.82, 2.24) is 14.9 Å². The average molecular weight is 406 g/mol. The van der Waals surface area contributed by atoms with Crippen LogP contribution >= 0.6 is 0 Å². The number of fused-ring (bicyclic) bond motifs is 2. The van der Waals surface area contributed by atoms with E-state index in [2.05, 4.69) is 27.0 Å². The van der Waals surface area contributed by atoms with Crippen molar-refractivity contribution in [2.24, 2.45) is 17.6 Å². The number of carbonyl (C=O) groups is 1. The summed E-state index contributed by atoms with van der Waals surface area (Å²) in [6, 6.07) is 8.51. The van der Waals surface area contributed by atoms with Crippen LogP contribution in [0.3, 0.4) is 0 Å². The number of aromatic amines is 1. The van der Waals surface area contributed by atoms with Gasteiger partial charge in [-0.25, -0.2) is 9.37 Å². The molecule has 2 aliphatic rings. The van der Waals surface area contributed by atoms with Crippen LogP contribution in [0, 0.1) is 17.7 Å². The summed E-state index contributed by atoms with van der Waals surface area (Å²) in [5.74, 6) is 0.971. The van der Waals surface area contributed by atoms with Gasteiger partial charge in [0, 0.05) is 35.9 Å². The first-order valence-corrected chi connectivity index (χ1v) is 10.0. The van der Waals surface area contributed by atoms with E-state index in [4.69, 9.17) is 10.5 Å². The molecule has 2 unspecified atom stereocenters. The Morgan fingerprint density at radius 3 is 2.93 bits per heavy atom. The van der Waals surface area contributed by atoms with Crippen LogP contribution in [0.4, 0.5) is 4.39 Å². The van der Waals surface area contributed by atoms with Crippen molar-refractivity contribution in [1.29, 1.82) is 0 Å².